The molecule has 116 valence electrons. The smallest absolute Gasteiger partial charge is 0.335 e. The molecule has 0 saturated carbocycles. The van der Waals surface area contributed by atoms with Crippen molar-refractivity contribution in [1.29, 1.82) is 0 Å². The number of carboxylic acids is 1. The number of rotatable bonds is 2. The van der Waals surface area contributed by atoms with Gasteiger partial charge in [-0.05, 0) is 53.8 Å². The highest BCUT2D eigenvalue weighted by Crippen LogP contribution is 2.49. The molecule has 2 aliphatic rings. The molecule has 2 aromatic carbocycles. The minimum absolute atomic E-state index is 0.204. The summed E-state index contributed by atoms with van der Waals surface area (Å²) >= 11 is 6.00. The van der Waals surface area contributed by atoms with Crippen LogP contribution in [0.3, 0.4) is 0 Å². The summed E-state index contributed by atoms with van der Waals surface area (Å²) in [6.07, 6.45) is 5.39. The van der Waals surface area contributed by atoms with Gasteiger partial charge >= 0.3 is 5.97 Å². The van der Waals surface area contributed by atoms with Crippen LogP contribution in [0.25, 0.3) is 0 Å². The van der Waals surface area contributed by atoms with Crippen LogP contribution in [-0.4, -0.2) is 11.1 Å². The van der Waals surface area contributed by atoms with Gasteiger partial charge in [0.05, 0.1) is 11.6 Å². The molecule has 0 fully saturated rings. The molecular formula is C19H16ClNO2. The number of anilines is 1. The number of hydrogen-bond donors (Lipinski definition) is 2. The first-order valence-corrected chi connectivity index (χ1v) is 8.07. The lowest BCUT2D eigenvalue weighted by Gasteiger charge is -2.37. The summed E-state index contributed by atoms with van der Waals surface area (Å²) in [6.45, 7) is 0. The average Bonchev–Trinajstić information content (AvgIpc) is 3.04. The van der Waals surface area contributed by atoms with Gasteiger partial charge in [-0.3, -0.25) is 0 Å². The van der Waals surface area contributed by atoms with E-state index in [1.165, 1.54) is 5.56 Å². The molecule has 3 atom stereocenters. The third-order valence-corrected chi connectivity index (χ3v) is 5.09. The maximum absolute atomic E-state index is 11.2. The van der Waals surface area contributed by atoms with Gasteiger partial charge in [-0.1, -0.05) is 35.9 Å². The third-order valence-electron chi connectivity index (χ3n) is 4.84. The van der Waals surface area contributed by atoms with E-state index < -0.39 is 5.97 Å². The molecule has 1 aliphatic carbocycles. The summed E-state index contributed by atoms with van der Waals surface area (Å²) in [5.41, 5.74) is 3.65. The monoisotopic (exact) mass is 325 g/mol. The van der Waals surface area contributed by atoms with Gasteiger partial charge in [-0.15, -0.1) is 0 Å². The Morgan fingerprint density at radius 2 is 1.96 bits per heavy atom. The number of benzene rings is 2. The van der Waals surface area contributed by atoms with Crippen molar-refractivity contribution >= 4 is 23.3 Å². The average molecular weight is 326 g/mol. The van der Waals surface area contributed by atoms with Gasteiger partial charge in [0.1, 0.15) is 0 Å². The fourth-order valence-corrected chi connectivity index (χ4v) is 3.85. The second kappa shape index (κ2) is 5.43. The predicted molar refractivity (Wildman–Crippen MR) is 91.2 cm³/mol. The minimum Gasteiger partial charge on any atom is -0.478 e. The normalized spacial score (nSPS) is 24.7. The third kappa shape index (κ3) is 2.41. The molecule has 0 radical (unpaired) electrons. The van der Waals surface area contributed by atoms with Gasteiger partial charge in [0.2, 0.25) is 0 Å². The highest BCUT2D eigenvalue weighted by atomic mass is 35.5. The van der Waals surface area contributed by atoms with Crippen LogP contribution in [0, 0.1) is 5.92 Å². The standard InChI is InChI=1S/C19H16ClNO2/c20-13-7-4-11(5-8-13)18-15-3-1-2-14(15)16-10-12(19(22)23)6-9-17(16)21-18/h1-2,4-10,14-15,18,21H,3H2,(H,22,23)/t14-,15-,18+/m0/s1. The molecule has 0 saturated heterocycles. The van der Waals surface area contributed by atoms with Crippen molar-refractivity contribution in [3.05, 3.63) is 76.3 Å². The van der Waals surface area contributed by atoms with Crippen molar-refractivity contribution in [2.75, 3.05) is 5.32 Å². The molecule has 2 N–H and O–H groups in total. The maximum Gasteiger partial charge on any atom is 0.335 e. The first kappa shape index (κ1) is 14.3. The van der Waals surface area contributed by atoms with Crippen molar-refractivity contribution < 1.29 is 9.90 Å². The molecule has 3 nitrogen and oxygen atoms in total. The van der Waals surface area contributed by atoms with Gasteiger partial charge in [-0.2, -0.15) is 0 Å². The fraction of sp³-hybridized carbons (Fsp3) is 0.211. The summed E-state index contributed by atoms with van der Waals surface area (Å²) in [5.74, 6) is -0.231. The molecule has 2 aromatic rings. The molecule has 0 spiro atoms. The topological polar surface area (TPSA) is 49.3 Å². The maximum atomic E-state index is 11.2. The van der Waals surface area contributed by atoms with Crippen molar-refractivity contribution in [3.8, 4) is 0 Å². The molecule has 4 heteroatoms. The summed E-state index contributed by atoms with van der Waals surface area (Å²) in [5, 5.41) is 13.6. The number of allylic oxidation sites excluding steroid dienone is 2. The Morgan fingerprint density at radius 1 is 1.17 bits per heavy atom. The molecule has 23 heavy (non-hydrogen) atoms. The van der Waals surface area contributed by atoms with E-state index in [0.29, 0.717) is 11.5 Å². The second-order valence-electron chi connectivity index (χ2n) is 6.13. The van der Waals surface area contributed by atoms with Crippen molar-refractivity contribution in [3.63, 3.8) is 0 Å². The second-order valence-corrected chi connectivity index (χ2v) is 6.57. The van der Waals surface area contributed by atoms with Crippen LogP contribution in [0.1, 0.15) is 39.9 Å². The van der Waals surface area contributed by atoms with Gasteiger partial charge in [-0.25, -0.2) is 4.79 Å². The number of carboxylic acid groups (broad SMARTS) is 1. The lowest BCUT2D eigenvalue weighted by atomic mass is 9.76. The Hall–Kier alpha value is -2.26. The zero-order valence-corrected chi connectivity index (χ0v) is 13.1. The van der Waals surface area contributed by atoms with E-state index in [1.807, 2.05) is 18.2 Å². The Balaban J connectivity index is 1.77. The molecule has 4 rings (SSSR count). The number of nitrogens with one attached hydrogen (secondary N) is 1. The highest BCUT2D eigenvalue weighted by molar-refractivity contribution is 6.30. The van der Waals surface area contributed by atoms with Crippen LogP contribution in [-0.2, 0) is 0 Å². The van der Waals surface area contributed by atoms with E-state index in [2.05, 4.69) is 29.6 Å². The van der Waals surface area contributed by atoms with Crippen LogP contribution in [0.5, 0.6) is 0 Å². The summed E-state index contributed by atoms with van der Waals surface area (Å²) in [4.78, 5) is 11.2. The number of halogens is 1. The Labute approximate surface area is 139 Å². The number of hydrogen-bond acceptors (Lipinski definition) is 2. The summed E-state index contributed by atoms with van der Waals surface area (Å²) in [7, 11) is 0. The summed E-state index contributed by atoms with van der Waals surface area (Å²) in [6, 6.07) is 13.5. The SMILES string of the molecule is O=C(O)c1ccc2c(c1)[C@H]1C=CC[C@@H]1[C@@H](c1ccc(Cl)cc1)N2. The van der Waals surface area contributed by atoms with Crippen LogP contribution >= 0.6 is 11.6 Å². The fourth-order valence-electron chi connectivity index (χ4n) is 3.73. The van der Waals surface area contributed by atoms with E-state index in [1.54, 1.807) is 12.1 Å². The first-order valence-electron chi connectivity index (χ1n) is 7.69. The molecule has 0 amide bonds. The summed E-state index contributed by atoms with van der Waals surface area (Å²) < 4.78 is 0. The lowest BCUT2D eigenvalue weighted by Crippen LogP contribution is -2.29. The molecule has 0 aromatic heterocycles. The number of aromatic carboxylic acids is 1. The zero-order valence-electron chi connectivity index (χ0n) is 12.4. The van der Waals surface area contributed by atoms with Crippen molar-refractivity contribution in [2.45, 2.75) is 18.4 Å². The largest absolute Gasteiger partial charge is 0.478 e. The molecular weight excluding hydrogens is 310 g/mol. The van der Waals surface area contributed by atoms with Crippen LogP contribution in [0.4, 0.5) is 5.69 Å². The van der Waals surface area contributed by atoms with Crippen LogP contribution in [0.15, 0.2) is 54.6 Å². The zero-order chi connectivity index (χ0) is 16.0. The number of fused-ring (bicyclic) bond motifs is 3. The van der Waals surface area contributed by atoms with E-state index in [0.717, 1.165) is 22.7 Å². The lowest BCUT2D eigenvalue weighted by molar-refractivity contribution is 0.0696. The number of carbonyl (C=O) groups is 1. The Bertz CT molecular complexity index is 798. The van der Waals surface area contributed by atoms with Crippen LogP contribution < -0.4 is 5.32 Å². The molecule has 1 aliphatic heterocycles. The molecule has 0 bridgehead atoms. The molecule has 1 heterocycles. The van der Waals surface area contributed by atoms with Crippen molar-refractivity contribution in [2.24, 2.45) is 5.92 Å². The van der Waals surface area contributed by atoms with Crippen molar-refractivity contribution in [1.82, 2.24) is 0 Å². The van der Waals surface area contributed by atoms with Gasteiger partial charge in [0.25, 0.3) is 0 Å². The van der Waals surface area contributed by atoms with Gasteiger partial charge < -0.3 is 10.4 Å². The van der Waals surface area contributed by atoms with E-state index >= 15 is 0 Å². The van der Waals surface area contributed by atoms with E-state index in [9.17, 15) is 9.90 Å². The quantitative estimate of drug-likeness (QED) is 0.775. The Kier molecular flexibility index (Phi) is 3.38. The first-order chi connectivity index (χ1) is 11.1. The Morgan fingerprint density at radius 3 is 2.70 bits per heavy atom. The van der Waals surface area contributed by atoms with Crippen LogP contribution in [0.2, 0.25) is 5.02 Å². The predicted octanol–water partition coefficient (Wildman–Crippen LogP) is 4.86. The van der Waals surface area contributed by atoms with E-state index in [-0.39, 0.29) is 12.0 Å². The van der Waals surface area contributed by atoms with E-state index in [4.69, 9.17) is 11.6 Å². The molecule has 0 unspecified atom stereocenters. The van der Waals surface area contributed by atoms with Gasteiger partial charge in [0.15, 0.2) is 0 Å². The highest BCUT2D eigenvalue weighted by Gasteiger charge is 2.38. The van der Waals surface area contributed by atoms with Gasteiger partial charge in [0, 0.05) is 16.6 Å². The minimum atomic E-state index is -0.883.